The number of aliphatic hydroxyl groups excluding tert-OH is 1. The summed E-state index contributed by atoms with van der Waals surface area (Å²) in [7, 11) is 0. The fourth-order valence-corrected chi connectivity index (χ4v) is 1.67. The van der Waals surface area contributed by atoms with Crippen LogP contribution in [0.15, 0.2) is 18.2 Å². The molecule has 0 fully saturated rings. The van der Waals surface area contributed by atoms with Crippen LogP contribution in [0.1, 0.15) is 6.42 Å². The molecule has 0 saturated heterocycles. The number of hydrogen-bond acceptors (Lipinski definition) is 3. The van der Waals surface area contributed by atoms with Gasteiger partial charge in [0.2, 0.25) is 0 Å². The average molecular weight is 332 g/mol. The lowest BCUT2D eigenvalue weighted by Crippen LogP contribution is -2.33. The summed E-state index contributed by atoms with van der Waals surface area (Å²) in [5.41, 5.74) is 0. The van der Waals surface area contributed by atoms with Crippen molar-refractivity contribution in [3.63, 3.8) is 0 Å². The fraction of sp³-hybridized carbons (Fsp3) is 0.500. The van der Waals surface area contributed by atoms with Crippen LogP contribution >= 0.6 is 23.2 Å². The molecule has 8 heteroatoms. The third kappa shape index (κ3) is 7.19. The van der Waals surface area contributed by atoms with E-state index in [1.807, 2.05) is 0 Å². The summed E-state index contributed by atoms with van der Waals surface area (Å²) in [5.74, 6) is 0.313. The molecule has 0 aliphatic rings. The van der Waals surface area contributed by atoms with E-state index in [-0.39, 0.29) is 19.7 Å². The standard InChI is InChI=1S/C12H14Cl2F3NO2/c13-8-1-2-10(14)11(5-8)20-7-9(19)6-18-4-3-12(15,16)17/h1-2,5,9,18-19H,3-4,6-7H2. The molecule has 1 unspecified atom stereocenters. The Morgan fingerprint density at radius 2 is 2.00 bits per heavy atom. The first kappa shape index (κ1) is 17.4. The molecule has 1 atom stereocenters. The van der Waals surface area contributed by atoms with Gasteiger partial charge in [-0.15, -0.1) is 0 Å². The number of rotatable bonds is 7. The van der Waals surface area contributed by atoms with Crippen LogP contribution in [0.2, 0.25) is 10.0 Å². The van der Waals surface area contributed by atoms with E-state index in [2.05, 4.69) is 5.32 Å². The summed E-state index contributed by atoms with van der Waals surface area (Å²) >= 11 is 11.6. The Hall–Kier alpha value is -0.690. The van der Waals surface area contributed by atoms with E-state index in [1.54, 1.807) is 12.1 Å². The van der Waals surface area contributed by atoms with E-state index >= 15 is 0 Å². The number of aliphatic hydroxyl groups is 1. The normalized spacial score (nSPS) is 13.3. The van der Waals surface area contributed by atoms with Gasteiger partial charge < -0.3 is 15.2 Å². The van der Waals surface area contributed by atoms with Crippen molar-refractivity contribution in [2.75, 3.05) is 19.7 Å². The zero-order valence-electron chi connectivity index (χ0n) is 10.4. The van der Waals surface area contributed by atoms with Crippen molar-refractivity contribution in [3.05, 3.63) is 28.2 Å². The molecule has 0 spiro atoms. The van der Waals surface area contributed by atoms with Crippen molar-refractivity contribution in [2.24, 2.45) is 0 Å². The molecule has 0 aliphatic carbocycles. The Balaban J connectivity index is 2.26. The summed E-state index contributed by atoms with van der Waals surface area (Å²) in [5, 5.41) is 12.8. The van der Waals surface area contributed by atoms with Crippen LogP contribution in [0.4, 0.5) is 13.2 Å². The molecule has 114 valence electrons. The zero-order valence-corrected chi connectivity index (χ0v) is 11.9. The quantitative estimate of drug-likeness (QED) is 0.753. The van der Waals surface area contributed by atoms with E-state index in [0.29, 0.717) is 15.8 Å². The van der Waals surface area contributed by atoms with Gasteiger partial charge in [-0.1, -0.05) is 23.2 Å². The Morgan fingerprint density at radius 3 is 2.65 bits per heavy atom. The Labute approximate surface area is 124 Å². The number of halogens is 5. The number of ether oxygens (including phenoxy) is 1. The molecule has 1 rings (SSSR count). The fourth-order valence-electron chi connectivity index (χ4n) is 1.33. The van der Waals surface area contributed by atoms with E-state index in [9.17, 15) is 18.3 Å². The minimum absolute atomic E-state index is 0.00569. The Kier molecular flexibility index (Phi) is 6.88. The van der Waals surface area contributed by atoms with Gasteiger partial charge in [0.25, 0.3) is 0 Å². The van der Waals surface area contributed by atoms with Crippen LogP contribution in [0.5, 0.6) is 5.75 Å². The largest absolute Gasteiger partial charge is 0.489 e. The lowest BCUT2D eigenvalue weighted by Gasteiger charge is -2.14. The van der Waals surface area contributed by atoms with Gasteiger partial charge in [-0.05, 0) is 12.1 Å². The molecule has 0 heterocycles. The first-order valence-corrected chi connectivity index (χ1v) is 6.57. The van der Waals surface area contributed by atoms with Crippen molar-refractivity contribution in [1.82, 2.24) is 5.32 Å². The lowest BCUT2D eigenvalue weighted by molar-refractivity contribution is -0.133. The van der Waals surface area contributed by atoms with Crippen LogP contribution in [-0.4, -0.2) is 37.1 Å². The molecule has 1 aromatic rings. The van der Waals surface area contributed by atoms with E-state index in [0.717, 1.165) is 0 Å². The van der Waals surface area contributed by atoms with Crippen LogP contribution in [-0.2, 0) is 0 Å². The number of alkyl halides is 3. The minimum atomic E-state index is -4.21. The molecule has 0 amide bonds. The summed E-state index contributed by atoms with van der Waals surface area (Å²) in [6.07, 6.45) is -6.10. The zero-order chi connectivity index (χ0) is 15.2. The third-order valence-electron chi connectivity index (χ3n) is 2.29. The minimum Gasteiger partial charge on any atom is -0.489 e. The topological polar surface area (TPSA) is 41.5 Å². The van der Waals surface area contributed by atoms with Gasteiger partial charge in [-0.3, -0.25) is 0 Å². The maximum atomic E-state index is 11.9. The van der Waals surface area contributed by atoms with Gasteiger partial charge in [-0.2, -0.15) is 13.2 Å². The monoisotopic (exact) mass is 331 g/mol. The molecule has 0 aliphatic heterocycles. The average Bonchev–Trinajstić information content (AvgIpc) is 2.34. The molecule has 20 heavy (non-hydrogen) atoms. The van der Waals surface area contributed by atoms with Crippen LogP contribution in [0.3, 0.4) is 0 Å². The van der Waals surface area contributed by atoms with Gasteiger partial charge in [0.1, 0.15) is 18.5 Å². The second-order valence-electron chi connectivity index (χ2n) is 4.11. The third-order valence-corrected chi connectivity index (χ3v) is 2.84. The summed E-state index contributed by atoms with van der Waals surface area (Å²) in [6, 6.07) is 4.63. The molecule has 0 bridgehead atoms. The Morgan fingerprint density at radius 1 is 1.30 bits per heavy atom. The maximum Gasteiger partial charge on any atom is 0.390 e. The first-order valence-electron chi connectivity index (χ1n) is 5.81. The van der Waals surface area contributed by atoms with Crippen molar-refractivity contribution in [3.8, 4) is 5.75 Å². The molecular weight excluding hydrogens is 318 g/mol. The highest BCUT2D eigenvalue weighted by molar-refractivity contribution is 6.34. The number of hydrogen-bond donors (Lipinski definition) is 2. The number of benzene rings is 1. The molecule has 1 aromatic carbocycles. The molecule has 2 N–H and O–H groups in total. The highest BCUT2D eigenvalue weighted by Crippen LogP contribution is 2.27. The van der Waals surface area contributed by atoms with E-state index in [4.69, 9.17) is 27.9 Å². The highest BCUT2D eigenvalue weighted by Gasteiger charge is 2.26. The van der Waals surface area contributed by atoms with Gasteiger partial charge in [0.05, 0.1) is 11.4 Å². The maximum absolute atomic E-state index is 11.9. The highest BCUT2D eigenvalue weighted by atomic mass is 35.5. The second kappa shape index (κ2) is 7.93. The van der Waals surface area contributed by atoms with Crippen LogP contribution in [0.25, 0.3) is 0 Å². The van der Waals surface area contributed by atoms with Gasteiger partial charge in [0, 0.05) is 24.2 Å². The SMILES string of the molecule is OC(CNCCC(F)(F)F)COc1cc(Cl)ccc1Cl. The van der Waals surface area contributed by atoms with E-state index in [1.165, 1.54) is 6.07 Å². The lowest BCUT2D eigenvalue weighted by atomic mass is 10.3. The summed E-state index contributed by atoms with van der Waals surface area (Å²) < 4.78 is 40.9. The van der Waals surface area contributed by atoms with Crippen molar-refractivity contribution in [1.29, 1.82) is 0 Å². The molecule has 0 aromatic heterocycles. The second-order valence-corrected chi connectivity index (χ2v) is 4.95. The van der Waals surface area contributed by atoms with Crippen molar-refractivity contribution >= 4 is 23.2 Å². The summed E-state index contributed by atoms with van der Waals surface area (Å²) in [6.45, 7) is -0.355. The molecule has 0 saturated carbocycles. The first-order chi connectivity index (χ1) is 9.28. The predicted molar refractivity (Wildman–Crippen MR) is 71.5 cm³/mol. The smallest absolute Gasteiger partial charge is 0.390 e. The Bertz CT molecular complexity index is 430. The predicted octanol–water partition coefficient (Wildman–Crippen LogP) is 3.28. The van der Waals surface area contributed by atoms with Crippen molar-refractivity contribution in [2.45, 2.75) is 18.7 Å². The summed E-state index contributed by atoms with van der Waals surface area (Å²) in [4.78, 5) is 0. The number of nitrogens with one attached hydrogen (secondary N) is 1. The van der Waals surface area contributed by atoms with Crippen LogP contribution in [0, 0.1) is 0 Å². The molecular formula is C12H14Cl2F3NO2. The van der Waals surface area contributed by atoms with Gasteiger partial charge >= 0.3 is 6.18 Å². The molecule has 3 nitrogen and oxygen atoms in total. The molecule has 0 radical (unpaired) electrons. The van der Waals surface area contributed by atoms with Crippen LogP contribution < -0.4 is 10.1 Å². The van der Waals surface area contributed by atoms with Gasteiger partial charge in [-0.25, -0.2) is 0 Å². The van der Waals surface area contributed by atoms with Gasteiger partial charge in [0.15, 0.2) is 0 Å². The van der Waals surface area contributed by atoms with E-state index < -0.39 is 18.7 Å². The van der Waals surface area contributed by atoms with Crippen molar-refractivity contribution < 1.29 is 23.0 Å².